The third-order valence-electron chi connectivity index (χ3n) is 2.44. The van der Waals surface area contributed by atoms with E-state index in [0.717, 1.165) is 21.3 Å². The Morgan fingerprint density at radius 1 is 1.17 bits per heavy atom. The van der Waals surface area contributed by atoms with Gasteiger partial charge in [-0.25, -0.2) is 0 Å². The van der Waals surface area contributed by atoms with Gasteiger partial charge < -0.3 is 19.9 Å². The monoisotopic (exact) mass is 317 g/mol. The molecule has 0 saturated heterocycles. The SMILES string of the molecule is COCCOCCOc1c(C)cc(Br)cc1CN. The molecule has 102 valence electrons. The second-order valence-electron chi connectivity index (χ2n) is 3.87. The Hall–Kier alpha value is -0.620. The smallest absolute Gasteiger partial charge is 0.126 e. The van der Waals surface area contributed by atoms with Crippen LogP contribution >= 0.6 is 15.9 Å². The van der Waals surface area contributed by atoms with E-state index >= 15 is 0 Å². The van der Waals surface area contributed by atoms with Crippen LogP contribution in [0, 0.1) is 6.92 Å². The summed E-state index contributed by atoms with van der Waals surface area (Å²) in [4.78, 5) is 0. The van der Waals surface area contributed by atoms with Crippen LogP contribution in [0.25, 0.3) is 0 Å². The Morgan fingerprint density at radius 3 is 2.56 bits per heavy atom. The molecule has 4 nitrogen and oxygen atoms in total. The fourth-order valence-electron chi connectivity index (χ4n) is 1.60. The first-order valence-electron chi connectivity index (χ1n) is 5.87. The number of benzene rings is 1. The van der Waals surface area contributed by atoms with Crippen LogP contribution in [0.5, 0.6) is 5.75 Å². The van der Waals surface area contributed by atoms with Gasteiger partial charge in [-0.3, -0.25) is 0 Å². The molecule has 1 aromatic carbocycles. The molecule has 1 aromatic rings. The first-order valence-corrected chi connectivity index (χ1v) is 6.67. The maximum atomic E-state index is 5.73. The molecule has 0 atom stereocenters. The topological polar surface area (TPSA) is 53.7 Å². The first-order chi connectivity index (χ1) is 8.69. The molecule has 0 unspecified atom stereocenters. The van der Waals surface area contributed by atoms with Gasteiger partial charge in [0, 0.05) is 23.7 Å². The van der Waals surface area contributed by atoms with Gasteiger partial charge in [0.05, 0.1) is 19.8 Å². The third kappa shape index (κ3) is 4.94. The second-order valence-corrected chi connectivity index (χ2v) is 4.78. The summed E-state index contributed by atoms with van der Waals surface area (Å²) in [6.07, 6.45) is 0. The number of aryl methyl sites for hydroxylation is 1. The quantitative estimate of drug-likeness (QED) is 0.747. The third-order valence-corrected chi connectivity index (χ3v) is 2.90. The molecule has 0 bridgehead atoms. The van der Waals surface area contributed by atoms with Gasteiger partial charge in [-0.15, -0.1) is 0 Å². The lowest BCUT2D eigenvalue weighted by Gasteiger charge is -2.14. The molecule has 1 rings (SSSR count). The van der Waals surface area contributed by atoms with Crippen LogP contribution < -0.4 is 10.5 Å². The molecular formula is C13H20BrNO3. The van der Waals surface area contributed by atoms with E-state index in [9.17, 15) is 0 Å². The molecule has 0 amide bonds. The molecule has 0 aliphatic heterocycles. The van der Waals surface area contributed by atoms with Gasteiger partial charge in [0.15, 0.2) is 0 Å². The van der Waals surface area contributed by atoms with Gasteiger partial charge in [-0.1, -0.05) is 15.9 Å². The Balaban J connectivity index is 2.46. The highest BCUT2D eigenvalue weighted by Crippen LogP contribution is 2.27. The summed E-state index contributed by atoms with van der Waals surface area (Å²) in [5.41, 5.74) is 7.78. The van der Waals surface area contributed by atoms with Gasteiger partial charge in [0.25, 0.3) is 0 Å². The van der Waals surface area contributed by atoms with Crippen LogP contribution in [-0.4, -0.2) is 33.5 Å². The molecule has 0 aliphatic rings. The van der Waals surface area contributed by atoms with Crippen LogP contribution in [0.15, 0.2) is 16.6 Å². The Kier molecular flexibility index (Phi) is 7.27. The van der Waals surface area contributed by atoms with Crippen LogP contribution in [0.2, 0.25) is 0 Å². The van der Waals surface area contributed by atoms with Gasteiger partial charge in [-0.2, -0.15) is 0 Å². The predicted octanol–water partition coefficient (Wildman–Crippen LogP) is 2.26. The van der Waals surface area contributed by atoms with Gasteiger partial charge in [-0.05, 0) is 24.6 Å². The molecule has 0 aromatic heterocycles. The summed E-state index contributed by atoms with van der Waals surface area (Å²) in [6, 6.07) is 3.99. The van der Waals surface area contributed by atoms with E-state index in [2.05, 4.69) is 15.9 Å². The standard InChI is InChI=1S/C13H20BrNO3/c1-10-7-12(14)8-11(9-15)13(10)18-6-5-17-4-3-16-2/h7-8H,3-6,9,15H2,1-2H3. The van der Waals surface area contributed by atoms with Crippen LogP contribution in [0.3, 0.4) is 0 Å². The lowest BCUT2D eigenvalue weighted by atomic mass is 10.1. The summed E-state index contributed by atoms with van der Waals surface area (Å²) < 4.78 is 17.0. The number of halogens is 1. The van der Waals surface area contributed by atoms with Crippen molar-refractivity contribution in [1.29, 1.82) is 0 Å². The Morgan fingerprint density at radius 2 is 1.89 bits per heavy atom. The van der Waals surface area contributed by atoms with Gasteiger partial charge >= 0.3 is 0 Å². The second kappa shape index (κ2) is 8.48. The van der Waals surface area contributed by atoms with E-state index < -0.39 is 0 Å². The fourth-order valence-corrected chi connectivity index (χ4v) is 2.22. The molecule has 2 N–H and O–H groups in total. The minimum absolute atomic E-state index is 0.458. The van der Waals surface area contributed by atoms with Crippen molar-refractivity contribution < 1.29 is 14.2 Å². The van der Waals surface area contributed by atoms with E-state index in [4.69, 9.17) is 19.9 Å². The number of hydrogen-bond donors (Lipinski definition) is 1. The lowest BCUT2D eigenvalue weighted by molar-refractivity contribution is 0.0541. The minimum Gasteiger partial charge on any atom is -0.491 e. The molecule has 0 spiro atoms. The number of methoxy groups -OCH3 is 1. The highest BCUT2D eigenvalue weighted by molar-refractivity contribution is 9.10. The zero-order valence-electron chi connectivity index (χ0n) is 10.9. The zero-order valence-corrected chi connectivity index (χ0v) is 12.5. The van der Waals surface area contributed by atoms with Crippen molar-refractivity contribution in [2.75, 3.05) is 33.5 Å². The molecule has 0 saturated carbocycles. The largest absolute Gasteiger partial charge is 0.491 e. The summed E-state index contributed by atoms with van der Waals surface area (Å²) >= 11 is 3.45. The minimum atomic E-state index is 0.458. The predicted molar refractivity (Wildman–Crippen MR) is 75.0 cm³/mol. The average molecular weight is 318 g/mol. The van der Waals surface area contributed by atoms with E-state index in [1.165, 1.54) is 0 Å². The number of ether oxygens (including phenoxy) is 3. The molecule has 0 radical (unpaired) electrons. The lowest BCUT2D eigenvalue weighted by Crippen LogP contribution is -2.12. The van der Waals surface area contributed by atoms with Crippen molar-refractivity contribution in [1.82, 2.24) is 0 Å². The first kappa shape index (κ1) is 15.4. The van der Waals surface area contributed by atoms with E-state index in [-0.39, 0.29) is 0 Å². The van der Waals surface area contributed by atoms with E-state index in [0.29, 0.717) is 33.0 Å². The normalized spacial score (nSPS) is 10.7. The number of hydrogen-bond acceptors (Lipinski definition) is 4. The maximum Gasteiger partial charge on any atom is 0.126 e. The summed E-state index contributed by atoms with van der Waals surface area (Å²) in [6.45, 7) is 4.71. The van der Waals surface area contributed by atoms with Crippen molar-refractivity contribution in [3.8, 4) is 5.75 Å². The average Bonchev–Trinajstić information content (AvgIpc) is 2.35. The van der Waals surface area contributed by atoms with Crippen molar-refractivity contribution >= 4 is 15.9 Å². The van der Waals surface area contributed by atoms with Crippen LogP contribution in [0.1, 0.15) is 11.1 Å². The molecular weight excluding hydrogens is 298 g/mol. The van der Waals surface area contributed by atoms with Crippen molar-refractivity contribution in [3.63, 3.8) is 0 Å². The van der Waals surface area contributed by atoms with Crippen molar-refractivity contribution in [2.45, 2.75) is 13.5 Å². The summed E-state index contributed by atoms with van der Waals surface area (Å²) in [7, 11) is 1.65. The van der Waals surface area contributed by atoms with Crippen LogP contribution in [-0.2, 0) is 16.0 Å². The van der Waals surface area contributed by atoms with Gasteiger partial charge in [0.1, 0.15) is 12.4 Å². The van der Waals surface area contributed by atoms with E-state index in [1.807, 2.05) is 19.1 Å². The van der Waals surface area contributed by atoms with E-state index in [1.54, 1.807) is 7.11 Å². The molecule has 0 heterocycles. The molecule has 18 heavy (non-hydrogen) atoms. The van der Waals surface area contributed by atoms with Crippen LogP contribution in [0.4, 0.5) is 0 Å². The summed E-state index contributed by atoms with van der Waals surface area (Å²) in [5, 5.41) is 0. The molecule has 0 fully saturated rings. The summed E-state index contributed by atoms with van der Waals surface area (Å²) in [5.74, 6) is 0.857. The number of nitrogens with two attached hydrogens (primary N) is 1. The Labute approximate surface area is 117 Å². The van der Waals surface area contributed by atoms with Gasteiger partial charge in [0.2, 0.25) is 0 Å². The molecule has 5 heteroatoms. The zero-order chi connectivity index (χ0) is 13.4. The highest BCUT2D eigenvalue weighted by atomic mass is 79.9. The molecule has 0 aliphatic carbocycles. The Bertz CT molecular complexity index is 371. The maximum absolute atomic E-state index is 5.73. The van der Waals surface area contributed by atoms with Crippen molar-refractivity contribution in [2.24, 2.45) is 5.73 Å². The fraction of sp³-hybridized carbons (Fsp3) is 0.538. The highest BCUT2D eigenvalue weighted by Gasteiger charge is 2.07. The van der Waals surface area contributed by atoms with Crippen molar-refractivity contribution in [3.05, 3.63) is 27.7 Å². The number of rotatable bonds is 8.